The van der Waals surface area contributed by atoms with Crippen LogP contribution in [0.4, 0.5) is 0 Å². The van der Waals surface area contributed by atoms with Crippen molar-refractivity contribution in [3.05, 3.63) is 11.8 Å². The average Bonchev–Trinajstić information content (AvgIpc) is 2.17. The summed E-state index contributed by atoms with van der Waals surface area (Å²) in [5, 5.41) is 0. The topological polar surface area (TPSA) is 38.4 Å². The molecule has 2 N–H and O–H groups in total. The van der Waals surface area contributed by atoms with Gasteiger partial charge in [0.15, 0.2) is 0 Å². The van der Waals surface area contributed by atoms with Crippen molar-refractivity contribution in [3.8, 4) is 0 Å². The Morgan fingerprint density at radius 2 is 2.56 bits per heavy atom. The Bertz CT molecular complexity index is 156. The molecule has 0 unspecified atom stereocenters. The number of hydrogen-bond acceptors (Lipinski definition) is 2. The molecule has 0 spiro atoms. The van der Waals surface area contributed by atoms with Crippen LogP contribution >= 0.6 is 0 Å². The van der Waals surface area contributed by atoms with Crippen LogP contribution in [0, 0.1) is 0 Å². The van der Waals surface area contributed by atoms with Crippen LogP contribution in [0.3, 0.4) is 0 Å². The number of nitrogens with zero attached hydrogens (tertiary/aromatic N) is 1. The minimum Gasteiger partial charge on any atom is -0.330 e. The highest BCUT2D eigenvalue weighted by Crippen LogP contribution is 2.13. The van der Waals surface area contributed by atoms with Crippen molar-refractivity contribution in [1.29, 1.82) is 0 Å². The lowest BCUT2D eigenvalue weighted by Crippen LogP contribution is -2.00. The molecule has 0 aliphatic carbocycles. The molecule has 0 aromatic rings. The lowest BCUT2D eigenvalue weighted by Gasteiger charge is -1.94. The quantitative estimate of drug-likeness (QED) is 0.587. The fourth-order valence-corrected chi connectivity index (χ4v) is 0.960. The van der Waals surface area contributed by atoms with Crippen molar-refractivity contribution in [2.45, 2.75) is 19.8 Å². The predicted molar refractivity (Wildman–Crippen MR) is 39.5 cm³/mol. The van der Waals surface area contributed by atoms with Crippen LogP contribution in [0.15, 0.2) is 16.8 Å². The third-order valence-electron chi connectivity index (χ3n) is 1.42. The second-order valence-electron chi connectivity index (χ2n) is 2.37. The van der Waals surface area contributed by atoms with Crippen molar-refractivity contribution >= 4 is 5.71 Å². The summed E-state index contributed by atoms with van der Waals surface area (Å²) >= 11 is 0. The molecule has 2 nitrogen and oxygen atoms in total. The minimum absolute atomic E-state index is 0.745. The molecule has 0 bridgehead atoms. The molecule has 50 valence electrons. The van der Waals surface area contributed by atoms with Crippen LogP contribution in [0.2, 0.25) is 0 Å². The third kappa shape index (κ3) is 1.64. The second-order valence-corrected chi connectivity index (χ2v) is 2.37. The second kappa shape index (κ2) is 2.78. The Labute approximate surface area is 55.5 Å². The summed E-state index contributed by atoms with van der Waals surface area (Å²) in [7, 11) is 0. The van der Waals surface area contributed by atoms with Gasteiger partial charge in [-0.3, -0.25) is 4.99 Å². The molecule has 9 heavy (non-hydrogen) atoms. The molecule has 0 saturated carbocycles. The van der Waals surface area contributed by atoms with E-state index in [0.29, 0.717) is 0 Å². The Hall–Kier alpha value is -0.630. The molecule has 0 saturated heterocycles. The maximum Gasteiger partial charge on any atom is 0.0263 e. The lowest BCUT2D eigenvalue weighted by atomic mass is 10.1. The number of hydrogen-bond donors (Lipinski definition) is 1. The van der Waals surface area contributed by atoms with Crippen molar-refractivity contribution in [3.63, 3.8) is 0 Å². The molecule has 0 amide bonds. The summed E-state index contributed by atoms with van der Waals surface area (Å²) in [5.74, 6) is 0. The van der Waals surface area contributed by atoms with Crippen LogP contribution in [0.5, 0.6) is 0 Å². The van der Waals surface area contributed by atoms with E-state index in [4.69, 9.17) is 5.73 Å². The van der Waals surface area contributed by atoms with Gasteiger partial charge in [-0.05, 0) is 25.5 Å². The smallest absolute Gasteiger partial charge is 0.0263 e. The van der Waals surface area contributed by atoms with Crippen LogP contribution in [0.1, 0.15) is 19.8 Å². The van der Waals surface area contributed by atoms with E-state index in [1.54, 1.807) is 0 Å². The lowest BCUT2D eigenvalue weighted by molar-refractivity contribution is 0.935. The average molecular weight is 124 g/mol. The SMILES string of the molecule is CC1=NC=C(CCN)C1. The molecular weight excluding hydrogens is 112 g/mol. The van der Waals surface area contributed by atoms with Gasteiger partial charge >= 0.3 is 0 Å². The fraction of sp³-hybridized carbons (Fsp3) is 0.571. The van der Waals surface area contributed by atoms with Gasteiger partial charge in [0.25, 0.3) is 0 Å². The van der Waals surface area contributed by atoms with Crippen LogP contribution in [0.25, 0.3) is 0 Å². The predicted octanol–water partition coefficient (Wildman–Crippen LogP) is 1.08. The van der Waals surface area contributed by atoms with E-state index in [9.17, 15) is 0 Å². The summed E-state index contributed by atoms with van der Waals surface area (Å²) in [6.45, 7) is 2.79. The Morgan fingerprint density at radius 3 is 3.00 bits per heavy atom. The standard InChI is InChI=1S/C7H12N2/c1-6-4-7(2-3-8)5-9-6/h5H,2-4,8H2,1H3. The maximum absolute atomic E-state index is 5.36. The van der Waals surface area contributed by atoms with Gasteiger partial charge in [0.1, 0.15) is 0 Å². The van der Waals surface area contributed by atoms with Gasteiger partial charge < -0.3 is 5.73 Å². The van der Waals surface area contributed by atoms with E-state index < -0.39 is 0 Å². The van der Waals surface area contributed by atoms with Gasteiger partial charge in [-0.25, -0.2) is 0 Å². The highest BCUT2D eigenvalue weighted by Gasteiger charge is 2.03. The van der Waals surface area contributed by atoms with E-state index in [1.165, 1.54) is 11.3 Å². The van der Waals surface area contributed by atoms with Crippen LogP contribution < -0.4 is 5.73 Å². The van der Waals surface area contributed by atoms with E-state index >= 15 is 0 Å². The van der Waals surface area contributed by atoms with Gasteiger partial charge in [-0.2, -0.15) is 0 Å². The number of aliphatic imine (C=N–C) groups is 1. The van der Waals surface area contributed by atoms with Crippen molar-refractivity contribution in [2.75, 3.05) is 6.54 Å². The van der Waals surface area contributed by atoms with Gasteiger partial charge in [0.05, 0.1) is 0 Å². The fourth-order valence-electron chi connectivity index (χ4n) is 0.960. The molecule has 0 radical (unpaired) electrons. The van der Waals surface area contributed by atoms with Gasteiger partial charge in [0, 0.05) is 18.3 Å². The number of rotatable bonds is 2. The van der Waals surface area contributed by atoms with Crippen molar-refractivity contribution < 1.29 is 0 Å². The highest BCUT2D eigenvalue weighted by atomic mass is 14.7. The molecular formula is C7H12N2. The molecule has 1 rings (SSSR count). The first kappa shape index (κ1) is 6.49. The summed E-state index contributed by atoms with van der Waals surface area (Å²) in [6.07, 6.45) is 3.97. The Kier molecular flexibility index (Phi) is 2.01. The van der Waals surface area contributed by atoms with Gasteiger partial charge in [0.2, 0.25) is 0 Å². The van der Waals surface area contributed by atoms with Gasteiger partial charge in [-0.1, -0.05) is 0 Å². The Balaban J connectivity index is 2.35. The molecule has 1 heterocycles. The van der Waals surface area contributed by atoms with E-state index in [0.717, 1.165) is 19.4 Å². The molecule has 0 atom stereocenters. The van der Waals surface area contributed by atoms with Crippen molar-refractivity contribution in [1.82, 2.24) is 0 Å². The van der Waals surface area contributed by atoms with E-state index in [1.807, 2.05) is 13.1 Å². The monoisotopic (exact) mass is 124 g/mol. The molecule has 1 aliphatic rings. The zero-order valence-electron chi connectivity index (χ0n) is 5.72. The summed E-state index contributed by atoms with van der Waals surface area (Å²) in [4.78, 5) is 4.14. The van der Waals surface area contributed by atoms with Crippen LogP contribution in [-0.4, -0.2) is 12.3 Å². The largest absolute Gasteiger partial charge is 0.330 e. The third-order valence-corrected chi connectivity index (χ3v) is 1.42. The molecule has 1 aliphatic heterocycles. The van der Waals surface area contributed by atoms with Crippen molar-refractivity contribution in [2.24, 2.45) is 10.7 Å². The molecule has 2 heteroatoms. The zero-order valence-corrected chi connectivity index (χ0v) is 5.72. The highest BCUT2D eigenvalue weighted by molar-refractivity contribution is 5.86. The van der Waals surface area contributed by atoms with E-state index in [-0.39, 0.29) is 0 Å². The first-order valence-corrected chi connectivity index (χ1v) is 3.24. The first-order chi connectivity index (χ1) is 4.33. The summed E-state index contributed by atoms with van der Waals surface area (Å²) in [5.41, 5.74) is 7.94. The normalized spacial score (nSPS) is 17.6. The molecule has 0 aromatic heterocycles. The van der Waals surface area contributed by atoms with Gasteiger partial charge in [-0.15, -0.1) is 0 Å². The zero-order chi connectivity index (χ0) is 6.69. The summed E-state index contributed by atoms with van der Waals surface area (Å²) in [6, 6.07) is 0. The minimum atomic E-state index is 0.745. The van der Waals surface area contributed by atoms with E-state index in [2.05, 4.69) is 4.99 Å². The first-order valence-electron chi connectivity index (χ1n) is 3.24. The molecule has 0 aromatic carbocycles. The number of nitrogens with two attached hydrogens (primary N) is 1. The Morgan fingerprint density at radius 1 is 1.78 bits per heavy atom. The molecule has 0 fully saturated rings. The van der Waals surface area contributed by atoms with Crippen LogP contribution in [-0.2, 0) is 0 Å². The maximum atomic E-state index is 5.36. The summed E-state index contributed by atoms with van der Waals surface area (Å²) < 4.78 is 0.